The van der Waals surface area contributed by atoms with Gasteiger partial charge >= 0.3 is 35.5 Å². The van der Waals surface area contributed by atoms with Gasteiger partial charge in [0.15, 0.2) is 5.12 Å². The first kappa shape index (κ1) is 30.6. The molecule has 15 heteroatoms. The molecule has 0 aliphatic carbocycles. The number of nitro benzene ring substituents is 1. The molecule has 2 atom stereocenters. The number of carbonyl (C=O) groups excluding carboxylic acids is 4. The third kappa shape index (κ3) is 7.29. The Morgan fingerprint density at radius 1 is 1.29 bits per heavy atom. The molecule has 0 spiro atoms. The van der Waals surface area contributed by atoms with Gasteiger partial charge in [0.25, 0.3) is 5.69 Å². The molecule has 1 N–H and O–H groups in total. The molecule has 0 radical (unpaired) electrons. The van der Waals surface area contributed by atoms with E-state index in [4.69, 9.17) is 4.74 Å². The standard InChI is InChI=1S/C19H20BrN3O8S2.Na/c1-9(2)19(28)32-17-14(21-33-13-7-5-4-6-11(13)23(29)30)16(25)22(17)15(18(26)27)12(8-20)31-10(3)24;/h4-7,9,14,17,21H,8H2,1-3H3,(H,26,27);/q;+1/p-1. The van der Waals surface area contributed by atoms with E-state index in [0.717, 1.165) is 35.5 Å². The molecule has 34 heavy (non-hydrogen) atoms. The van der Waals surface area contributed by atoms with Crippen LogP contribution in [0, 0.1) is 16.0 Å². The van der Waals surface area contributed by atoms with Crippen molar-refractivity contribution in [3.05, 3.63) is 45.8 Å². The van der Waals surface area contributed by atoms with E-state index in [0.29, 0.717) is 0 Å². The van der Waals surface area contributed by atoms with Crippen molar-refractivity contribution >= 4 is 68.3 Å². The summed E-state index contributed by atoms with van der Waals surface area (Å²) in [5.74, 6) is -4.09. The Balaban J connectivity index is 0.00000578. The van der Waals surface area contributed by atoms with E-state index in [-0.39, 0.29) is 56.3 Å². The Labute approximate surface area is 234 Å². The van der Waals surface area contributed by atoms with Gasteiger partial charge in [0, 0.05) is 18.9 Å². The number of benzene rings is 1. The SMILES string of the molecule is CC(=O)OC(CBr)=C(C(=O)[O-])N1C(=O)C(NSc2ccccc2[N+](=O)[O-])C1SC(=O)C(C)C.[Na+]. The summed E-state index contributed by atoms with van der Waals surface area (Å²) in [4.78, 5) is 60.3. The van der Waals surface area contributed by atoms with Gasteiger partial charge in [-0.3, -0.25) is 29.4 Å². The minimum atomic E-state index is -1.77. The minimum Gasteiger partial charge on any atom is -0.543 e. The second-order valence-electron chi connectivity index (χ2n) is 6.90. The predicted octanol–water partition coefficient (Wildman–Crippen LogP) is -1.43. The van der Waals surface area contributed by atoms with E-state index in [9.17, 15) is 34.4 Å². The van der Waals surface area contributed by atoms with Gasteiger partial charge in [0.2, 0.25) is 5.91 Å². The molecule has 1 amide bonds. The molecule has 0 bridgehead atoms. The number of esters is 1. The maximum Gasteiger partial charge on any atom is 1.00 e. The molecule has 1 heterocycles. The number of ether oxygens (including phenoxy) is 1. The monoisotopic (exact) mass is 583 g/mol. The van der Waals surface area contributed by atoms with Gasteiger partial charge in [-0.2, -0.15) is 0 Å². The van der Waals surface area contributed by atoms with Crippen molar-refractivity contribution < 1.29 is 63.5 Å². The molecule has 2 unspecified atom stereocenters. The van der Waals surface area contributed by atoms with Crippen LogP contribution in [0.4, 0.5) is 5.69 Å². The fraction of sp³-hybridized carbons (Fsp3) is 0.368. The zero-order valence-electron chi connectivity index (χ0n) is 18.6. The van der Waals surface area contributed by atoms with Crippen LogP contribution in [0.5, 0.6) is 0 Å². The van der Waals surface area contributed by atoms with Gasteiger partial charge in [0.05, 0.1) is 16.2 Å². The largest absolute Gasteiger partial charge is 1.00 e. The summed E-state index contributed by atoms with van der Waals surface area (Å²) < 4.78 is 7.71. The van der Waals surface area contributed by atoms with Crippen LogP contribution >= 0.6 is 39.6 Å². The summed E-state index contributed by atoms with van der Waals surface area (Å²) in [5, 5.41) is 21.5. The van der Waals surface area contributed by atoms with Gasteiger partial charge < -0.3 is 14.6 Å². The third-order valence-corrected chi connectivity index (χ3v) is 7.07. The average molecular weight is 584 g/mol. The maximum absolute atomic E-state index is 12.9. The number of amides is 1. The fourth-order valence-corrected chi connectivity index (χ4v) is 5.16. The number of carboxylic acids is 1. The third-order valence-electron chi connectivity index (χ3n) is 4.20. The van der Waals surface area contributed by atoms with Gasteiger partial charge in [-0.25, -0.2) is 4.72 Å². The molecular weight excluding hydrogens is 565 g/mol. The number of likely N-dealkylation sites (tertiary alicyclic amines) is 1. The first-order valence-corrected chi connectivity index (χ1v) is 12.2. The van der Waals surface area contributed by atoms with Gasteiger partial charge in [-0.05, 0) is 18.0 Å². The Hall–Kier alpha value is -1.42. The van der Waals surface area contributed by atoms with E-state index in [1.54, 1.807) is 19.9 Å². The molecule has 0 aromatic heterocycles. The number of nitrogens with one attached hydrogen (secondary N) is 1. The maximum atomic E-state index is 12.9. The number of para-hydroxylation sites is 1. The minimum absolute atomic E-state index is 0. The number of hydrogen-bond acceptors (Lipinski definition) is 11. The normalized spacial score (nSPS) is 17.9. The Kier molecular flexibility index (Phi) is 12.3. The summed E-state index contributed by atoms with van der Waals surface area (Å²) in [5.41, 5.74) is -0.872. The number of carboxylic acid groups (broad SMARTS) is 1. The molecule has 1 aliphatic heterocycles. The second-order valence-corrected chi connectivity index (χ2v) is 9.46. The van der Waals surface area contributed by atoms with Crippen molar-refractivity contribution in [3.8, 4) is 0 Å². The number of rotatable bonds is 10. The number of nitrogens with zero attached hydrogens (tertiary/aromatic N) is 2. The van der Waals surface area contributed by atoms with Crippen LogP contribution in [0.3, 0.4) is 0 Å². The molecule has 1 aliphatic rings. The number of alkyl halides is 1. The first-order valence-electron chi connectivity index (χ1n) is 9.37. The zero-order chi connectivity index (χ0) is 24.9. The Bertz CT molecular complexity index is 1020. The van der Waals surface area contributed by atoms with Gasteiger partial charge in [-0.15, -0.1) is 0 Å². The zero-order valence-corrected chi connectivity index (χ0v) is 23.8. The molecule has 0 saturated carbocycles. The van der Waals surface area contributed by atoms with Crippen LogP contribution in [0.25, 0.3) is 0 Å². The number of hydrogen-bond donors (Lipinski definition) is 1. The van der Waals surface area contributed by atoms with E-state index in [1.807, 2.05) is 0 Å². The van der Waals surface area contributed by atoms with Gasteiger partial charge in [0.1, 0.15) is 27.8 Å². The van der Waals surface area contributed by atoms with Crippen LogP contribution in [-0.2, 0) is 23.9 Å². The summed E-state index contributed by atoms with van der Waals surface area (Å²) in [6.07, 6.45) is 0. The molecule has 11 nitrogen and oxygen atoms in total. The smallest absolute Gasteiger partial charge is 0.543 e. The number of aliphatic carboxylic acids is 1. The fourth-order valence-electron chi connectivity index (χ4n) is 2.67. The first-order chi connectivity index (χ1) is 15.5. The molecule has 1 fully saturated rings. The number of β-lactam (4-membered cyclic amide) rings is 1. The van der Waals surface area contributed by atoms with E-state index in [2.05, 4.69) is 20.7 Å². The summed E-state index contributed by atoms with van der Waals surface area (Å²) in [6, 6.07) is 4.79. The molecule has 2 rings (SSSR count). The number of nitro groups is 1. The quantitative estimate of drug-likeness (QED) is 0.0396. The second kappa shape index (κ2) is 13.6. The van der Waals surface area contributed by atoms with Crippen molar-refractivity contribution in [2.45, 2.75) is 37.1 Å². The Morgan fingerprint density at radius 2 is 1.91 bits per heavy atom. The summed E-state index contributed by atoms with van der Waals surface area (Å²) in [6.45, 7) is 4.35. The molecule has 1 saturated heterocycles. The summed E-state index contributed by atoms with van der Waals surface area (Å²) >= 11 is 4.56. The summed E-state index contributed by atoms with van der Waals surface area (Å²) in [7, 11) is 0. The number of thioether (sulfide) groups is 1. The van der Waals surface area contributed by atoms with E-state index in [1.165, 1.54) is 18.2 Å². The van der Waals surface area contributed by atoms with Crippen LogP contribution in [0.2, 0.25) is 0 Å². The van der Waals surface area contributed by atoms with Crippen molar-refractivity contribution in [1.29, 1.82) is 0 Å². The van der Waals surface area contributed by atoms with Crippen LogP contribution in [0.15, 0.2) is 40.6 Å². The van der Waals surface area contributed by atoms with Crippen LogP contribution in [-0.4, -0.2) is 49.5 Å². The molecule has 178 valence electrons. The number of allylic oxidation sites excluding steroid dienone is 1. The number of carbonyl (C=O) groups is 4. The molecular formula is C19H19BrN3NaO8S2. The predicted molar refractivity (Wildman–Crippen MR) is 122 cm³/mol. The van der Waals surface area contributed by atoms with Crippen molar-refractivity contribution in [2.75, 3.05) is 5.33 Å². The van der Waals surface area contributed by atoms with Crippen molar-refractivity contribution in [2.24, 2.45) is 5.92 Å². The van der Waals surface area contributed by atoms with Gasteiger partial charge in [-0.1, -0.05) is 53.7 Å². The van der Waals surface area contributed by atoms with Crippen molar-refractivity contribution in [1.82, 2.24) is 9.62 Å². The van der Waals surface area contributed by atoms with Crippen LogP contribution in [0.1, 0.15) is 20.8 Å². The Morgan fingerprint density at radius 3 is 2.41 bits per heavy atom. The topological polar surface area (TPSA) is 159 Å². The van der Waals surface area contributed by atoms with E-state index < -0.39 is 45.8 Å². The molecule has 1 aromatic carbocycles. The van der Waals surface area contributed by atoms with E-state index >= 15 is 0 Å². The number of halogens is 1. The molecule has 1 aromatic rings. The average Bonchev–Trinajstić information content (AvgIpc) is 2.74. The van der Waals surface area contributed by atoms with Crippen molar-refractivity contribution in [3.63, 3.8) is 0 Å². The van der Waals surface area contributed by atoms with Crippen LogP contribution < -0.4 is 39.4 Å².